The second-order valence-electron chi connectivity index (χ2n) is 8.40. The van der Waals surface area contributed by atoms with Crippen LogP contribution >= 0.6 is 11.8 Å². The molecule has 3 aromatic carbocycles. The predicted molar refractivity (Wildman–Crippen MR) is 139 cm³/mol. The van der Waals surface area contributed by atoms with Gasteiger partial charge in [0.25, 0.3) is 0 Å². The summed E-state index contributed by atoms with van der Waals surface area (Å²) in [6.45, 7) is 0. The van der Waals surface area contributed by atoms with Crippen LogP contribution in [-0.4, -0.2) is 38.5 Å². The van der Waals surface area contributed by atoms with Gasteiger partial charge in [0.2, 0.25) is 0 Å². The molecule has 0 radical (unpaired) electrons. The molecule has 0 bridgehead atoms. The number of hydrogen-bond acceptors (Lipinski definition) is 6. The number of benzene rings is 3. The molecule has 0 aliphatic rings. The molecule has 1 atom stereocenters. The van der Waals surface area contributed by atoms with Gasteiger partial charge in [0.15, 0.2) is 5.41 Å². The summed E-state index contributed by atoms with van der Waals surface area (Å²) in [5, 5.41) is -0.0404. The molecule has 0 fully saturated rings. The molecular weight excluding hydrogens is 460 g/mol. The zero-order valence-corrected chi connectivity index (χ0v) is 21.3. The van der Waals surface area contributed by atoms with Crippen molar-refractivity contribution in [2.24, 2.45) is 5.41 Å². The van der Waals surface area contributed by atoms with E-state index in [4.69, 9.17) is 14.2 Å². The maximum Gasteiger partial charge on any atom is 0.323 e. The summed E-state index contributed by atoms with van der Waals surface area (Å²) in [6, 6.07) is 27.6. The average Bonchev–Trinajstić information content (AvgIpc) is 2.91. The zero-order chi connectivity index (χ0) is 25.1. The first-order valence-electron chi connectivity index (χ1n) is 11.5. The number of thioether (sulfide) groups is 1. The molecule has 0 aliphatic heterocycles. The first kappa shape index (κ1) is 26.4. The number of ether oxygens (including phenoxy) is 3. The molecule has 35 heavy (non-hydrogen) atoms. The third kappa shape index (κ3) is 7.12. The van der Waals surface area contributed by atoms with E-state index in [1.807, 2.05) is 72.8 Å². The maximum absolute atomic E-state index is 13.2. The molecule has 0 aromatic heterocycles. The number of methoxy groups -OCH3 is 3. The summed E-state index contributed by atoms with van der Waals surface area (Å²) >= 11 is 1.72. The van der Waals surface area contributed by atoms with E-state index in [-0.39, 0.29) is 18.1 Å². The molecule has 0 spiro atoms. The summed E-state index contributed by atoms with van der Waals surface area (Å²) in [6.07, 6.45) is 1.20. The highest BCUT2D eigenvalue weighted by molar-refractivity contribution is 7.99. The highest BCUT2D eigenvalue weighted by Gasteiger charge is 2.49. The molecule has 0 aliphatic carbocycles. The van der Waals surface area contributed by atoms with Crippen molar-refractivity contribution in [3.63, 3.8) is 0 Å². The Morgan fingerprint density at radius 3 is 1.80 bits per heavy atom. The summed E-state index contributed by atoms with van der Waals surface area (Å²) in [7, 11) is 4.29. The van der Waals surface area contributed by atoms with E-state index in [0.717, 1.165) is 28.2 Å². The molecule has 0 saturated carbocycles. The van der Waals surface area contributed by atoms with Crippen LogP contribution in [0.25, 0.3) is 0 Å². The Labute approximate surface area is 211 Å². The van der Waals surface area contributed by atoms with Gasteiger partial charge in [0.05, 0.1) is 21.3 Å². The van der Waals surface area contributed by atoms with Gasteiger partial charge in [-0.05, 0) is 48.1 Å². The maximum atomic E-state index is 13.2. The normalized spacial score (nSPS) is 12.0. The Morgan fingerprint density at radius 1 is 0.743 bits per heavy atom. The Bertz CT molecular complexity index is 1050. The Hall–Kier alpha value is -3.25. The van der Waals surface area contributed by atoms with E-state index in [2.05, 4.69) is 12.1 Å². The van der Waals surface area contributed by atoms with E-state index in [1.165, 1.54) is 14.2 Å². The minimum atomic E-state index is -1.45. The van der Waals surface area contributed by atoms with E-state index in [9.17, 15) is 9.59 Å². The SMILES string of the molecule is COC(=O)C(Cc1ccccc1)(C[C@H](Cc1ccccc1)SCc1ccc(OC)cc1)C(=O)OC. The largest absolute Gasteiger partial charge is 0.497 e. The van der Waals surface area contributed by atoms with Crippen LogP contribution in [0, 0.1) is 5.41 Å². The number of rotatable bonds is 12. The van der Waals surface area contributed by atoms with Crippen molar-refractivity contribution < 1.29 is 23.8 Å². The van der Waals surface area contributed by atoms with Crippen molar-refractivity contribution in [1.29, 1.82) is 0 Å². The van der Waals surface area contributed by atoms with E-state index in [1.54, 1.807) is 18.9 Å². The number of carbonyl (C=O) groups excluding carboxylic acids is 2. The third-order valence-electron chi connectivity index (χ3n) is 6.03. The van der Waals surface area contributed by atoms with Gasteiger partial charge in [0.1, 0.15) is 5.75 Å². The topological polar surface area (TPSA) is 61.8 Å². The van der Waals surface area contributed by atoms with Crippen molar-refractivity contribution in [2.75, 3.05) is 21.3 Å². The van der Waals surface area contributed by atoms with Crippen LogP contribution in [0.3, 0.4) is 0 Å². The number of hydrogen-bond donors (Lipinski definition) is 0. The first-order chi connectivity index (χ1) is 17.0. The van der Waals surface area contributed by atoms with E-state index >= 15 is 0 Å². The van der Waals surface area contributed by atoms with Crippen molar-refractivity contribution in [3.8, 4) is 5.75 Å². The minimum absolute atomic E-state index is 0.0404. The first-order valence-corrected chi connectivity index (χ1v) is 12.5. The van der Waals surface area contributed by atoms with Gasteiger partial charge in [0, 0.05) is 11.0 Å². The lowest BCUT2D eigenvalue weighted by Gasteiger charge is -2.32. The lowest BCUT2D eigenvalue weighted by molar-refractivity contribution is -0.169. The summed E-state index contributed by atoms with van der Waals surface area (Å²) in [5.41, 5.74) is 1.71. The fourth-order valence-corrected chi connectivity index (χ4v) is 5.53. The Morgan fingerprint density at radius 2 is 1.29 bits per heavy atom. The molecule has 3 rings (SSSR count). The van der Waals surface area contributed by atoms with Crippen LogP contribution in [0.2, 0.25) is 0 Å². The molecule has 6 heteroatoms. The Balaban J connectivity index is 1.93. The molecule has 0 unspecified atom stereocenters. The number of esters is 2. The molecule has 0 saturated heterocycles. The molecular formula is C29H32O5S. The van der Waals surface area contributed by atoms with Gasteiger partial charge in [-0.2, -0.15) is 11.8 Å². The van der Waals surface area contributed by atoms with Gasteiger partial charge in [-0.1, -0.05) is 72.8 Å². The van der Waals surface area contributed by atoms with E-state index < -0.39 is 17.4 Å². The van der Waals surface area contributed by atoms with Crippen LogP contribution < -0.4 is 4.74 Å². The van der Waals surface area contributed by atoms with Crippen molar-refractivity contribution in [3.05, 3.63) is 102 Å². The lowest BCUT2D eigenvalue weighted by Crippen LogP contribution is -2.45. The van der Waals surface area contributed by atoms with Crippen LogP contribution in [-0.2, 0) is 37.7 Å². The predicted octanol–water partition coefficient (Wildman–Crippen LogP) is 5.50. The highest BCUT2D eigenvalue weighted by Crippen LogP contribution is 2.38. The fourth-order valence-electron chi connectivity index (χ4n) is 4.19. The van der Waals surface area contributed by atoms with Crippen LogP contribution in [0.5, 0.6) is 5.75 Å². The van der Waals surface area contributed by atoms with E-state index in [0.29, 0.717) is 6.42 Å². The summed E-state index contributed by atoms with van der Waals surface area (Å²) < 4.78 is 15.6. The highest BCUT2D eigenvalue weighted by atomic mass is 32.2. The second-order valence-corrected chi connectivity index (χ2v) is 9.69. The van der Waals surface area contributed by atoms with Crippen LogP contribution in [0.4, 0.5) is 0 Å². The lowest BCUT2D eigenvalue weighted by atomic mass is 9.76. The van der Waals surface area contributed by atoms with Gasteiger partial charge in [-0.15, -0.1) is 0 Å². The molecule has 0 amide bonds. The zero-order valence-electron chi connectivity index (χ0n) is 20.4. The second kappa shape index (κ2) is 13.0. The van der Waals surface area contributed by atoms with Crippen molar-refractivity contribution >= 4 is 23.7 Å². The molecule has 0 N–H and O–H groups in total. The number of carbonyl (C=O) groups is 2. The summed E-state index contributed by atoms with van der Waals surface area (Å²) in [5.74, 6) is 0.385. The van der Waals surface area contributed by atoms with Crippen molar-refractivity contribution in [1.82, 2.24) is 0 Å². The standard InChI is InChI=1S/C29H32O5S/c1-32-25-16-14-24(15-17-25)21-35-26(18-22-10-6-4-7-11-22)20-29(27(30)33-2,28(31)34-3)19-23-12-8-5-9-13-23/h4-17,26H,18-21H2,1-3H3/t26-/m0/s1. The van der Waals surface area contributed by atoms with Gasteiger partial charge >= 0.3 is 11.9 Å². The quantitative estimate of drug-likeness (QED) is 0.246. The third-order valence-corrected chi connectivity index (χ3v) is 7.33. The van der Waals surface area contributed by atoms with Gasteiger partial charge in [-0.25, -0.2) is 0 Å². The average molecular weight is 493 g/mol. The van der Waals surface area contributed by atoms with Crippen LogP contribution in [0.15, 0.2) is 84.9 Å². The summed E-state index contributed by atoms with van der Waals surface area (Å²) in [4.78, 5) is 26.5. The van der Waals surface area contributed by atoms with Crippen LogP contribution in [0.1, 0.15) is 23.1 Å². The fraction of sp³-hybridized carbons (Fsp3) is 0.310. The molecule has 5 nitrogen and oxygen atoms in total. The smallest absolute Gasteiger partial charge is 0.323 e. The van der Waals surface area contributed by atoms with Gasteiger partial charge < -0.3 is 14.2 Å². The van der Waals surface area contributed by atoms with Gasteiger partial charge in [-0.3, -0.25) is 9.59 Å². The molecule has 0 heterocycles. The molecule has 184 valence electrons. The monoisotopic (exact) mass is 492 g/mol. The molecule has 3 aromatic rings. The Kier molecular flexibility index (Phi) is 9.79. The minimum Gasteiger partial charge on any atom is -0.497 e. The van der Waals surface area contributed by atoms with Crippen molar-refractivity contribution in [2.45, 2.75) is 30.3 Å².